The van der Waals surface area contributed by atoms with Gasteiger partial charge < -0.3 is 9.80 Å². The molecule has 14 aromatic carbocycles. The molecule has 0 spiro atoms. The zero-order chi connectivity index (χ0) is 58.5. The summed E-state index contributed by atoms with van der Waals surface area (Å²) in [7, 11) is 0. The smallest absolute Gasteiger partial charge is 0.0468 e. The van der Waals surface area contributed by atoms with Crippen LogP contribution in [-0.2, 0) is 16.2 Å². The molecule has 0 atom stereocenters. The van der Waals surface area contributed by atoms with Crippen LogP contribution in [0.15, 0.2) is 279 Å². The van der Waals surface area contributed by atoms with Gasteiger partial charge in [-0.15, -0.1) is 0 Å². The van der Waals surface area contributed by atoms with E-state index in [1.165, 1.54) is 132 Å². The van der Waals surface area contributed by atoms with Gasteiger partial charge in [0.2, 0.25) is 0 Å². The van der Waals surface area contributed by atoms with E-state index in [1.54, 1.807) is 0 Å². The van der Waals surface area contributed by atoms with E-state index < -0.39 is 0 Å². The van der Waals surface area contributed by atoms with Crippen molar-refractivity contribution in [2.45, 2.75) is 57.8 Å². The molecule has 0 aromatic heterocycles. The first kappa shape index (κ1) is 51.2. The first-order valence-corrected chi connectivity index (χ1v) is 30.8. The Kier molecular flexibility index (Phi) is 11.1. The molecule has 0 saturated heterocycles. The molecule has 0 N–H and O–H groups in total. The van der Waals surface area contributed by atoms with Crippen LogP contribution in [0.5, 0.6) is 0 Å². The van der Waals surface area contributed by atoms with Crippen molar-refractivity contribution in [1.82, 2.24) is 0 Å². The second-order valence-electron chi connectivity index (χ2n) is 25.9. The fourth-order valence-electron chi connectivity index (χ4n) is 16.1. The maximum Gasteiger partial charge on any atom is 0.0468 e. The molecule has 0 fully saturated rings. The molecule has 2 heteroatoms. The number of hydrogen-bond donors (Lipinski definition) is 0. The number of hydrogen-bond acceptors (Lipinski definition) is 2. The van der Waals surface area contributed by atoms with E-state index in [2.05, 4.69) is 330 Å². The molecule has 3 aliphatic rings. The van der Waals surface area contributed by atoms with E-state index in [0.717, 1.165) is 34.1 Å². The average Bonchev–Trinajstić information content (AvgIpc) is 1.42. The van der Waals surface area contributed by atoms with E-state index in [9.17, 15) is 0 Å². The van der Waals surface area contributed by atoms with Gasteiger partial charge in [0, 0.05) is 50.4 Å². The Morgan fingerprint density at radius 3 is 0.943 bits per heavy atom. The molecule has 0 bridgehead atoms. The third-order valence-corrected chi connectivity index (χ3v) is 20.2. The second kappa shape index (κ2) is 18.9. The summed E-state index contributed by atoms with van der Waals surface area (Å²) in [5.74, 6) is 0. The molecular formula is C85H64N2. The highest BCUT2D eigenvalue weighted by atomic mass is 15.1. The summed E-state index contributed by atoms with van der Waals surface area (Å²) in [5.41, 5.74) is 26.9. The predicted octanol–water partition coefficient (Wildman–Crippen LogP) is 23.5. The SMILES string of the molecule is CC1(C)c2ccccc2-c2ccc(N(c3ccccc3)c3ccc4c(-c5ccc6c7c(cccc57)C(C)(C)c5ccccc5-6)c5cc(N(c6ccccc6)c6ccccc6)ccc5c(-c5ccc6c7c(cccc57)C(C)(C)c5ccccc5-6)c4c3)cc21. The zero-order valence-electron chi connectivity index (χ0n) is 50.0. The lowest BCUT2D eigenvalue weighted by atomic mass is 9.67. The molecule has 414 valence electrons. The molecule has 17 rings (SSSR count). The number of rotatable bonds is 8. The molecule has 0 unspecified atom stereocenters. The van der Waals surface area contributed by atoms with E-state index in [1.807, 2.05) is 0 Å². The van der Waals surface area contributed by atoms with Gasteiger partial charge in [0.15, 0.2) is 0 Å². The van der Waals surface area contributed by atoms with Gasteiger partial charge in [0.1, 0.15) is 0 Å². The highest BCUT2D eigenvalue weighted by Crippen LogP contribution is 2.57. The van der Waals surface area contributed by atoms with E-state index in [-0.39, 0.29) is 16.2 Å². The van der Waals surface area contributed by atoms with Crippen molar-refractivity contribution in [3.63, 3.8) is 0 Å². The molecule has 14 aromatic rings. The minimum atomic E-state index is -0.220. The van der Waals surface area contributed by atoms with Crippen molar-refractivity contribution < 1.29 is 0 Å². The highest BCUT2D eigenvalue weighted by molar-refractivity contribution is 6.28. The number of benzene rings is 14. The summed E-state index contributed by atoms with van der Waals surface area (Å²) in [5, 5.41) is 9.97. The van der Waals surface area contributed by atoms with Crippen molar-refractivity contribution in [3.05, 3.63) is 312 Å². The molecule has 0 amide bonds. The summed E-state index contributed by atoms with van der Waals surface area (Å²) in [4.78, 5) is 4.91. The molecule has 0 radical (unpaired) electrons. The van der Waals surface area contributed by atoms with Crippen LogP contribution in [-0.4, -0.2) is 0 Å². The van der Waals surface area contributed by atoms with Gasteiger partial charge in [0.05, 0.1) is 0 Å². The van der Waals surface area contributed by atoms with Crippen LogP contribution in [0.2, 0.25) is 0 Å². The molecule has 0 aliphatic heterocycles. The topological polar surface area (TPSA) is 6.48 Å². The minimum absolute atomic E-state index is 0.177. The Morgan fingerprint density at radius 2 is 0.506 bits per heavy atom. The predicted molar refractivity (Wildman–Crippen MR) is 369 cm³/mol. The lowest BCUT2D eigenvalue weighted by molar-refractivity contribution is 0.645. The fraction of sp³-hybridized carbons (Fsp3) is 0.106. The normalized spacial score (nSPS) is 14.4. The van der Waals surface area contributed by atoms with Gasteiger partial charge in [-0.1, -0.05) is 248 Å². The summed E-state index contributed by atoms with van der Waals surface area (Å²) in [6, 6.07) is 106. The van der Waals surface area contributed by atoms with Gasteiger partial charge in [-0.25, -0.2) is 0 Å². The molecule has 0 saturated carbocycles. The monoisotopic (exact) mass is 1110 g/mol. The van der Waals surface area contributed by atoms with Gasteiger partial charge in [-0.3, -0.25) is 0 Å². The third kappa shape index (κ3) is 7.41. The van der Waals surface area contributed by atoms with Crippen LogP contribution in [0, 0.1) is 0 Å². The third-order valence-electron chi connectivity index (χ3n) is 20.2. The number of para-hydroxylation sites is 3. The first-order valence-electron chi connectivity index (χ1n) is 30.8. The molecule has 0 heterocycles. The molecule has 3 aliphatic carbocycles. The lowest BCUT2D eigenvalue weighted by Crippen LogP contribution is -2.23. The van der Waals surface area contributed by atoms with Crippen LogP contribution >= 0.6 is 0 Å². The Morgan fingerprint density at radius 1 is 0.195 bits per heavy atom. The van der Waals surface area contributed by atoms with Crippen molar-refractivity contribution in [2.24, 2.45) is 0 Å². The Balaban J connectivity index is 1.02. The summed E-state index contributed by atoms with van der Waals surface area (Å²) in [6.07, 6.45) is 0. The molecule has 2 nitrogen and oxygen atoms in total. The van der Waals surface area contributed by atoms with E-state index in [4.69, 9.17) is 0 Å². The lowest BCUT2D eigenvalue weighted by Gasteiger charge is -2.36. The summed E-state index contributed by atoms with van der Waals surface area (Å²) >= 11 is 0. The van der Waals surface area contributed by atoms with Gasteiger partial charge in [-0.2, -0.15) is 0 Å². The van der Waals surface area contributed by atoms with Crippen molar-refractivity contribution in [2.75, 3.05) is 9.80 Å². The Labute approximate surface area is 509 Å². The number of anilines is 6. The van der Waals surface area contributed by atoms with E-state index >= 15 is 0 Å². The maximum atomic E-state index is 2.53. The van der Waals surface area contributed by atoms with Gasteiger partial charge >= 0.3 is 0 Å². The van der Waals surface area contributed by atoms with Crippen LogP contribution < -0.4 is 9.80 Å². The number of fused-ring (bicyclic) bond motifs is 9. The highest BCUT2D eigenvalue weighted by Gasteiger charge is 2.38. The quantitative estimate of drug-likeness (QED) is 0.140. The Hall–Kier alpha value is -10.3. The molecular weight excluding hydrogens is 1050 g/mol. The molecule has 87 heavy (non-hydrogen) atoms. The van der Waals surface area contributed by atoms with Gasteiger partial charge in [0.25, 0.3) is 0 Å². The van der Waals surface area contributed by atoms with Crippen LogP contribution in [0.3, 0.4) is 0 Å². The van der Waals surface area contributed by atoms with Crippen LogP contribution in [0.4, 0.5) is 34.1 Å². The first-order chi connectivity index (χ1) is 42.5. The second-order valence-corrected chi connectivity index (χ2v) is 25.9. The van der Waals surface area contributed by atoms with Crippen LogP contribution in [0.1, 0.15) is 74.9 Å². The van der Waals surface area contributed by atoms with Crippen molar-refractivity contribution >= 4 is 77.2 Å². The number of nitrogens with zero attached hydrogens (tertiary/aromatic N) is 2. The largest absolute Gasteiger partial charge is 0.310 e. The Bertz CT molecular complexity index is 5140. The summed E-state index contributed by atoms with van der Waals surface area (Å²) < 4.78 is 0. The zero-order valence-corrected chi connectivity index (χ0v) is 50.0. The van der Waals surface area contributed by atoms with E-state index in [0.29, 0.717) is 0 Å². The van der Waals surface area contributed by atoms with Crippen LogP contribution in [0.25, 0.3) is 98.7 Å². The summed E-state index contributed by atoms with van der Waals surface area (Å²) in [6.45, 7) is 14.4. The van der Waals surface area contributed by atoms with Crippen molar-refractivity contribution in [3.8, 4) is 55.6 Å². The average molecular weight is 1110 g/mol. The maximum absolute atomic E-state index is 2.53. The van der Waals surface area contributed by atoms with Gasteiger partial charge in [-0.05, 0) is 205 Å². The van der Waals surface area contributed by atoms with Crippen molar-refractivity contribution in [1.29, 1.82) is 0 Å². The fourth-order valence-corrected chi connectivity index (χ4v) is 16.1. The minimum Gasteiger partial charge on any atom is -0.310 e. The standard InChI is InChI=1S/C85H64N2/c1-83(2)74-36-20-17-31-60(74)65-46-48-67(63-33-22-38-76(83)81(63)65)79-70-45-42-57(87(55-28-14-9-15-29-55)58-40-43-62-59-30-16-19-35-73(59)85(5,6)78(62)52-58)51-72(70)80(68-49-47-66-61-32-18-21-37-75(61)84(3,4)77-39-23-34-64(68)82(66)77)69-44-41-56(50-71(69)79)86(53-24-10-7-11-25-53)54-26-12-8-13-27-54/h7-52H,1-6H3.